The summed E-state index contributed by atoms with van der Waals surface area (Å²) in [5.74, 6) is 0.806. The maximum Gasteiger partial charge on any atom is 0.164 e. The van der Waals surface area contributed by atoms with Crippen LogP contribution in [0.2, 0.25) is 0 Å². The predicted octanol–water partition coefficient (Wildman–Crippen LogP) is 1.48. The summed E-state index contributed by atoms with van der Waals surface area (Å²) in [5.41, 5.74) is 7.44. The van der Waals surface area contributed by atoms with Gasteiger partial charge in [0.25, 0.3) is 0 Å². The average Bonchev–Trinajstić information content (AvgIpc) is 2.04. The van der Waals surface area contributed by atoms with E-state index in [2.05, 4.69) is 0 Å². The monoisotopic (exact) mass is 162 g/mol. The largest absolute Gasteiger partial charge is 0.398 e. The van der Waals surface area contributed by atoms with Crippen LogP contribution in [0.3, 0.4) is 0 Å². The smallest absolute Gasteiger partial charge is 0.164 e. The standard InChI is InChI=1S/C9H10N2O/c1-11-6-5-7-8(10)3-2-4-9(7)12-11/h2-6H,10H2,1H3. The lowest BCUT2D eigenvalue weighted by Crippen LogP contribution is -2.18. The third kappa shape index (κ3) is 0.993. The molecule has 1 heterocycles. The van der Waals surface area contributed by atoms with Crippen LogP contribution in [-0.2, 0) is 0 Å². The quantitative estimate of drug-likeness (QED) is 0.587. The Bertz CT molecular complexity index is 333. The van der Waals surface area contributed by atoms with E-state index in [4.69, 9.17) is 10.6 Å². The number of hydrogen-bond acceptors (Lipinski definition) is 3. The van der Waals surface area contributed by atoms with E-state index in [-0.39, 0.29) is 0 Å². The zero-order chi connectivity index (χ0) is 8.55. The first kappa shape index (κ1) is 7.03. The molecular formula is C9H10N2O. The summed E-state index contributed by atoms with van der Waals surface area (Å²) in [6, 6.07) is 5.63. The van der Waals surface area contributed by atoms with Gasteiger partial charge in [-0.25, -0.2) is 5.06 Å². The molecule has 0 unspecified atom stereocenters. The van der Waals surface area contributed by atoms with E-state index in [1.807, 2.05) is 37.5 Å². The van der Waals surface area contributed by atoms with E-state index in [1.54, 1.807) is 5.06 Å². The Hall–Kier alpha value is -1.64. The van der Waals surface area contributed by atoms with Gasteiger partial charge < -0.3 is 10.6 Å². The SMILES string of the molecule is CN1C=Cc2c(N)cccc2O1. The first-order valence-electron chi connectivity index (χ1n) is 3.75. The summed E-state index contributed by atoms with van der Waals surface area (Å²) < 4.78 is 0. The van der Waals surface area contributed by atoms with Gasteiger partial charge in [-0.15, -0.1) is 0 Å². The van der Waals surface area contributed by atoms with Crippen LogP contribution in [0.1, 0.15) is 5.56 Å². The second-order valence-corrected chi connectivity index (χ2v) is 2.71. The summed E-state index contributed by atoms with van der Waals surface area (Å²) in [7, 11) is 1.84. The number of rotatable bonds is 0. The van der Waals surface area contributed by atoms with Crippen LogP contribution in [0.5, 0.6) is 5.75 Å². The van der Waals surface area contributed by atoms with Crippen LogP contribution in [0.4, 0.5) is 5.69 Å². The molecule has 12 heavy (non-hydrogen) atoms. The molecule has 0 radical (unpaired) electrons. The molecule has 1 aromatic rings. The normalized spacial score (nSPS) is 13.9. The molecular weight excluding hydrogens is 152 g/mol. The number of benzene rings is 1. The van der Waals surface area contributed by atoms with Crippen molar-refractivity contribution in [1.29, 1.82) is 0 Å². The van der Waals surface area contributed by atoms with Gasteiger partial charge in [0.2, 0.25) is 0 Å². The topological polar surface area (TPSA) is 38.5 Å². The molecule has 0 saturated heterocycles. The summed E-state index contributed by atoms with van der Waals surface area (Å²) in [6.07, 6.45) is 3.77. The van der Waals surface area contributed by atoms with Crippen molar-refractivity contribution in [2.75, 3.05) is 12.8 Å². The minimum Gasteiger partial charge on any atom is -0.398 e. The average molecular weight is 162 g/mol. The lowest BCUT2D eigenvalue weighted by Gasteiger charge is -2.21. The van der Waals surface area contributed by atoms with Gasteiger partial charge in [-0.3, -0.25) is 0 Å². The molecule has 62 valence electrons. The molecule has 3 nitrogen and oxygen atoms in total. The fourth-order valence-electron chi connectivity index (χ4n) is 1.18. The van der Waals surface area contributed by atoms with Crippen molar-refractivity contribution in [2.24, 2.45) is 0 Å². The second kappa shape index (κ2) is 2.44. The van der Waals surface area contributed by atoms with Gasteiger partial charge in [0.15, 0.2) is 5.75 Å². The Labute approximate surface area is 71.0 Å². The Kier molecular flexibility index (Phi) is 1.43. The van der Waals surface area contributed by atoms with Gasteiger partial charge in [0.1, 0.15) is 0 Å². The number of nitrogens with two attached hydrogens (primary N) is 1. The van der Waals surface area contributed by atoms with Crippen LogP contribution < -0.4 is 10.6 Å². The number of anilines is 1. The van der Waals surface area contributed by atoms with Crippen molar-refractivity contribution in [3.8, 4) is 5.75 Å². The number of hydrogen-bond donors (Lipinski definition) is 1. The van der Waals surface area contributed by atoms with Crippen molar-refractivity contribution < 1.29 is 4.84 Å². The Morgan fingerprint density at radius 3 is 3.08 bits per heavy atom. The number of nitrogens with zero attached hydrogens (tertiary/aromatic N) is 1. The highest BCUT2D eigenvalue weighted by atomic mass is 16.7. The minimum atomic E-state index is 0.747. The van der Waals surface area contributed by atoms with Crippen LogP contribution in [0.15, 0.2) is 24.4 Å². The molecule has 3 heteroatoms. The highest BCUT2D eigenvalue weighted by molar-refractivity contribution is 5.70. The first-order valence-corrected chi connectivity index (χ1v) is 3.75. The third-order valence-corrected chi connectivity index (χ3v) is 1.79. The summed E-state index contributed by atoms with van der Waals surface area (Å²) in [5, 5.41) is 1.64. The molecule has 1 aliphatic rings. The van der Waals surface area contributed by atoms with Gasteiger partial charge in [-0.2, -0.15) is 0 Å². The van der Waals surface area contributed by atoms with Gasteiger partial charge in [-0.1, -0.05) is 6.07 Å². The Morgan fingerprint density at radius 1 is 1.42 bits per heavy atom. The fourth-order valence-corrected chi connectivity index (χ4v) is 1.18. The van der Waals surface area contributed by atoms with E-state index >= 15 is 0 Å². The van der Waals surface area contributed by atoms with Crippen molar-refractivity contribution in [2.45, 2.75) is 0 Å². The zero-order valence-electron chi connectivity index (χ0n) is 6.82. The maximum atomic E-state index is 5.74. The molecule has 0 bridgehead atoms. The lowest BCUT2D eigenvalue weighted by atomic mass is 10.1. The van der Waals surface area contributed by atoms with Crippen molar-refractivity contribution in [1.82, 2.24) is 5.06 Å². The van der Waals surface area contributed by atoms with Gasteiger partial charge in [0.05, 0.1) is 0 Å². The molecule has 2 rings (SSSR count). The number of fused-ring (bicyclic) bond motifs is 1. The van der Waals surface area contributed by atoms with Gasteiger partial charge >= 0.3 is 0 Å². The second-order valence-electron chi connectivity index (χ2n) is 2.71. The van der Waals surface area contributed by atoms with Crippen molar-refractivity contribution in [3.05, 3.63) is 30.0 Å². The number of hydroxylamine groups is 2. The van der Waals surface area contributed by atoms with Crippen molar-refractivity contribution >= 4 is 11.8 Å². The lowest BCUT2D eigenvalue weighted by molar-refractivity contribution is 0.0189. The predicted molar refractivity (Wildman–Crippen MR) is 48.3 cm³/mol. The summed E-state index contributed by atoms with van der Waals surface area (Å²) in [6.45, 7) is 0. The molecule has 0 spiro atoms. The van der Waals surface area contributed by atoms with Crippen LogP contribution in [-0.4, -0.2) is 12.1 Å². The molecule has 1 aromatic carbocycles. The number of nitrogen functional groups attached to an aromatic ring is 1. The van der Waals surface area contributed by atoms with Crippen LogP contribution >= 0.6 is 0 Å². The van der Waals surface area contributed by atoms with Gasteiger partial charge in [-0.05, 0) is 18.2 Å². The molecule has 2 N–H and O–H groups in total. The highest BCUT2D eigenvalue weighted by Gasteiger charge is 2.10. The van der Waals surface area contributed by atoms with E-state index in [0.29, 0.717) is 0 Å². The Morgan fingerprint density at radius 2 is 2.25 bits per heavy atom. The molecule has 0 aromatic heterocycles. The first-order chi connectivity index (χ1) is 5.77. The molecule has 0 saturated carbocycles. The van der Waals surface area contributed by atoms with Gasteiger partial charge in [0, 0.05) is 24.5 Å². The van der Waals surface area contributed by atoms with E-state index < -0.39 is 0 Å². The molecule has 1 aliphatic heterocycles. The minimum absolute atomic E-state index is 0.747. The van der Waals surface area contributed by atoms with Crippen LogP contribution in [0, 0.1) is 0 Å². The fraction of sp³-hybridized carbons (Fsp3) is 0.111. The summed E-state index contributed by atoms with van der Waals surface area (Å²) >= 11 is 0. The van der Waals surface area contributed by atoms with E-state index in [9.17, 15) is 0 Å². The molecule has 0 atom stereocenters. The highest BCUT2D eigenvalue weighted by Crippen LogP contribution is 2.29. The third-order valence-electron chi connectivity index (χ3n) is 1.79. The summed E-state index contributed by atoms with van der Waals surface area (Å²) in [4.78, 5) is 5.38. The van der Waals surface area contributed by atoms with E-state index in [1.165, 1.54) is 0 Å². The Balaban J connectivity index is 2.53. The van der Waals surface area contributed by atoms with E-state index in [0.717, 1.165) is 17.0 Å². The molecule has 0 amide bonds. The van der Waals surface area contributed by atoms with Crippen molar-refractivity contribution in [3.63, 3.8) is 0 Å². The maximum absolute atomic E-state index is 5.74. The molecule has 0 aliphatic carbocycles. The molecule has 0 fully saturated rings. The zero-order valence-corrected chi connectivity index (χ0v) is 6.82. The van der Waals surface area contributed by atoms with Crippen LogP contribution in [0.25, 0.3) is 6.08 Å².